The fraction of sp³-hybridized carbons (Fsp3) is 0.0172. The predicted molar refractivity (Wildman–Crippen MR) is 252 cm³/mol. The number of fused-ring (bicyclic) bond motifs is 12. The zero-order valence-corrected chi connectivity index (χ0v) is 33.9. The fourth-order valence-corrected chi connectivity index (χ4v) is 9.97. The molecule has 0 atom stereocenters. The van der Waals surface area contributed by atoms with Crippen LogP contribution in [-0.2, 0) is 5.41 Å². The summed E-state index contributed by atoms with van der Waals surface area (Å²) in [6, 6.07) is 74.3. The van der Waals surface area contributed by atoms with Crippen LogP contribution in [0, 0.1) is 0 Å². The minimum absolute atomic E-state index is 0.526. The second kappa shape index (κ2) is 13.8. The van der Waals surface area contributed by atoms with Crippen LogP contribution >= 0.6 is 0 Å². The van der Waals surface area contributed by atoms with Crippen molar-refractivity contribution >= 4 is 21.9 Å². The number of hydrogen-bond acceptors (Lipinski definition) is 5. The summed E-state index contributed by atoms with van der Waals surface area (Å²) in [5, 5.41) is 2.22. The lowest BCUT2D eigenvalue weighted by atomic mass is 9.66. The van der Waals surface area contributed by atoms with Crippen LogP contribution in [0.15, 0.2) is 217 Å². The number of benzene rings is 9. The number of furan rings is 1. The Kier molecular flexibility index (Phi) is 7.75. The molecule has 13 rings (SSSR count). The molecule has 0 N–H and O–H groups in total. The smallest absolute Gasteiger partial charge is 0.164 e. The molecule has 0 bridgehead atoms. The van der Waals surface area contributed by atoms with Gasteiger partial charge in [0.05, 0.1) is 5.41 Å². The number of nitrogens with zero attached hydrogens (tertiary/aromatic N) is 3. The Bertz CT molecular complexity index is 3550. The third-order valence-electron chi connectivity index (χ3n) is 12.8. The topological polar surface area (TPSA) is 61.0 Å². The van der Waals surface area contributed by atoms with Crippen LogP contribution in [0.4, 0.5) is 0 Å². The second-order valence-electron chi connectivity index (χ2n) is 16.3. The normalized spacial score (nSPS) is 13.0. The first-order valence-corrected chi connectivity index (χ1v) is 21.3. The molecule has 1 aliphatic heterocycles. The predicted octanol–water partition coefficient (Wildman–Crippen LogP) is 14.6. The summed E-state index contributed by atoms with van der Waals surface area (Å²) in [6.45, 7) is 0. The van der Waals surface area contributed by atoms with E-state index in [0.29, 0.717) is 17.5 Å². The van der Waals surface area contributed by atoms with Crippen molar-refractivity contribution in [3.05, 3.63) is 235 Å². The van der Waals surface area contributed by atoms with E-state index in [4.69, 9.17) is 24.1 Å². The molecule has 1 aliphatic carbocycles. The molecule has 0 unspecified atom stereocenters. The quantitative estimate of drug-likeness (QED) is 0.173. The van der Waals surface area contributed by atoms with Gasteiger partial charge >= 0.3 is 0 Å². The lowest BCUT2D eigenvalue weighted by Crippen LogP contribution is -2.32. The van der Waals surface area contributed by atoms with E-state index in [-0.39, 0.29) is 0 Å². The van der Waals surface area contributed by atoms with E-state index < -0.39 is 5.41 Å². The number of hydrogen-bond donors (Lipinski definition) is 0. The van der Waals surface area contributed by atoms with Crippen molar-refractivity contribution in [2.24, 2.45) is 0 Å². The first-order valence-electron chi connectivity index (χ1n) is 21.3. The Morgan fingerprint density at radius 3 is 1.51 bits per heavy atom. The summed E-state index contributed by atoms with van der Waals surface area (Å²) in [5.41, 5.74) is 15.6. The van der Waals surface area contributed by atoms with Crippen LogP contribution in [0.1, 0.15) is 22.3 Å². The minimum atomic E-state index is -0.526. The average molecular weight is 806 g/mol. The van der Waals surface area contributed by atoms with Gasteiger partial charge in [-0.3, -0.25) is 0 Å². The third-order valence-corrected chi connectivity index (χ3v) is 12.8. The lowest BCUT2D eigenvalue weighted by Gasteiger charge is -2.39. The summed E-state index contributed by atoms with van der Waals surface area (Å²) in [5.74, 6) is 3.58. The van der Waals surface area contributed by atoms with Gasteiger partial charge in [-0.1, -0.05) is 188 Å². The van der Waals surface area contributed by atoms with E-state index in [1.54, 1.807) is 0 Å². The molecule has 294 valence electrons. The van der Waals surface area contributed by atoms with Gasteiger partial charge in [-0.05, 0) is 63.2 Å². The van der Waals surface area contributed by atoms with E-state index >= 15 is 0 Å². The molecule has 63 heavy (non-hydrogen) atoms. The summed E-state index contributed by atoms with van der Waals surface area (Å²) in [7, 11) is 0. The molecule has 9 aromatic carbocycles. The molecule has 0 fully saturated rings. The maximum atomic E-state index is 6.69. The summed E-state index contributed by atoms with van der Waals surface area (Å²) in [4.78, 5) is 15.2. The van der Waals surface area contributed by atoms with Crippen LogP contribution in [0.2, 0.25) is 0 Å². The fourth-order valence-electron chi connectivity index (χ4n) is 9.97. The van der Waals surface area contributed by atoms with E-state index in [2.05, 4.69) is 164 Å². The number of rotatable bonds is 5. The van der Waals surface area contributed by atoms with Crippen molar-refractivity contribution in [3.63, 3.8) is 0 Å². The van der Waals surface area contributed by atoms with Crippen molar-refractivity contribution in [2.45, 2.75) is 5.41 Å². The van der Waals surface area contributed by atoms with Crippen LogP contribution in [0.3, 0.4) is 0 Å². The highest BCUT2D eigenvalue weighted by Gasteiger charge is 2.51. The van der Waals surface area contributed by atoms with Gasteiger partial charge in [0.15, 0.2) is 17.5 Å². The number of ether oxygens (including phenoxy) is 1. The van der Waals surface area contributed by atoms with E-state index in [0.717, 1.165) is 83.5 Å². The van der Waals surface area contributed by atoms with Crippen LogP contribution in [0.25, 0.3) is 89.5 Å². The molecule has 0 amide bonds. The Labute approximate surface area is 363 Å². The van der Waals surface area contributed by atoms with E-state index in [1.165, 1.54) is 22.3 Å². The highest BCUT2D eigenvalue weighted by atomic mass is 16.5. The van der Waals surface area contributed by atoms with Gasteiger partial charge in [-0.2, -0.15) is 0 Å². The monoisotopic (exact) mass is 805 g/mol. The average Bonchev–Trinajstić information content (AvgIpc) is 3.89. The van der Waals surface area contributed by atoms with Crippen molar-refractivity contribution in [1.29, 1.82) is 0 Å². The van der Waals surface area contributed by atoms with Crippen LogP contribution in [0.5, 0.6) is 11.5 Å². The van der Waals surface area contributed by atoms with Gasteiger partial charge in [-0.15, -0.1) is 0 Å². The maximum absolute atomic E-state index is 6.69. The molecule has 3 heterocycles. The highest BCUT2D eigenvalue weighted by molar-refractivity contribution is 6.09. The molecule has 0 saturated heterocycles. The third kappa shape index (κ3) is 5.40. The molecule has 5 heteroatoms. The summed E-state index contributed by atoms with van der Waals surface area (Å²) in [6.07, 6.45) is 0. The van der Waals surface area contributed by atoms with Crippen molar-refractivity contribution in [1.82, 2.24) is 15.0 Å². The minimum Gasteiger partial charge on any atom is -0.457 e. The Hall–Kier alpha value is -8.41. The Balaban J connectivity index is 0.890. The van der Waals surface area contributed by atoms with Crippen molar-refractivity contribution in [3.8, 4) is 79.0 Å². The molecule has 2 aromatic heterocycles. The molecule has 2 aliphatic rings. The molecule has 1 spiro atoms. The number of para-hydroxylation sites is 3. The molecule has 0 saturated carbocycles. The molecular formula is C58H35N3O2. The maximum Gasteiger partial charge on any atom is 0.164 e. The Morgan fingerprint density at radius 2 is 0.810 bits per heavy atom. The summed E-state index contributed by atoms with van der Waals surface area (Å²) < 4.78 is 13.1. The van der Waals surface area contributed by atoms with E-state index in [1.807, 2.05) is 48.5 Å². The molecule has 5 nitrogen and oxygen atoms in total. The SMILES string of the molecule is c1ccc(-c2nc(-c3ccc(-c4ccc5c(c4)C4(c6ccccc6O5)c5ccccc5-c5ccccc54)cc3)nc(-c3ccc(-c4cccc5c4oc4ccccc45)cc3)n2)cc1. The van der Waals surface area contributed by atoms with Gasteiger partial charge in [0.2, 0.25) is 0 Å². The zero-order chi connectivity index (χ0) is 41.5. The lowest BCUT2D eigenvalue weighted by molar-refractivity contribution is 0.436. The van der Waals surface area contributed by atoms with Crippen molar-refractivity contribution < 1.29 is 9.15 Å². The molecule has 0 radical (unpaired) electrons. The first-order chi connectivity index (χ1) is 31.2. The standard InChI is InChI=1S/C58H35N3O2/c1-2-13-38(14-3-1)55-59-56(61-57(60-55)40-31-27-37(28-32-40)42-18-12-19-46-45-17-6-10-23-51(45)63-54(42)46)39-29-25-36(26-30-39)41-33-34-53-50(35-41)58(49-22-9-11-24-52(49)62-53)47-20-7-4-15-43(47)44-16-5-8-21-48(44)58/h1-35H. The first kappa shape index (κ1) is 35.4. The van der Waals surface area contributed by atoms with Gasteiger partial charge in [0.25, 0.3) is 0 Å². The molecule has 11 aromatic rings. The van der Waals surface area contributed by atoms with Crippen LogP contribution < -0.4 is 4.74 Å². The second-order valence-corrected chi connectivity index (χ2v) is 16.3. The van der Waals surface area contributed by atoms with Gasteiger partial charge < -0.3 is 9.15 Å². The van der Waals surface area contributed by atoms with E-state index in [9.17, 15) is 0 Å². The van der Waals surface area contributed by atoms with Crippen molar-refractivity contribution in [2.75, 3.05) is 0 Å². The van der Waals surface area contributed by atoms with Gasteiger partial charge in [-0.25, -0.2) is 15.0 Å². The van der Waals surface area contributed by atoms with Crippen LogP contribution in [-0.4, -0.2) is 15.0 Å². The summed E-state index contributed by atoms with van der Waals surface area (Å²) >= 11 is 0. The number of aromatic nitrogens is 3. The van der Waals surface area contributed by atoms with Gasteiger partial charge in [0.1, 0.15) is 22.7 Å². The van der Waals surface area contributed by atoms with Gasteiger partial charge in [0, 0.05) is 44.2 Å². The highest BCUT2D eigenvalue weighted by Crippen LogP contribution is 2.62. The zero-order valence-electron chi connectivity index (χ0n) is 33.9. The molecular weight excluding hydrogens is 771 g/mol. The Morgan fingerprint density at radius 1 is 0.317 bits per heavy atom. The largest absolute Gasteiger partial charge is 0.457 e.